The Morgan fingerprint density at radius 3 is 2.77 bits per heavy atom. The number of methoxy groups -OCH3 is 1. The zero-order valence-electron chi connectivity index (χ0n) is 15.4. The standard InChI is InChI=1S/C21H24N2O3/c1-14-8-9-15(2)18(10-14)22-21(25)17-11-20(24)23(13-17)12-16-6-4-5-7-19(16)26-3/h4-10,17H,11-13H2,1-3H3,(H,22,25). The lowest BCUT2D eigenvalue weighted by atomic mass is 10.1. The Morgan fingerprint density at radius 2 is 2.00 bits per heavy atom. The third kappa shape index (κ3) is 3.87. The monoisotopic (exact) mass is 352 g/mol. The molecule has 1 aliphatic rings. The van der Waals surface area contributed by atoms with Crippen molar-refractivity contribution < 1.29 is 14.3 Å². The van der Waals surface area contributed by atoms with Crippen LogP contribution in [0.15, 0.2) is 42.5 Å². The molecule has 1 N–H and O–H groups in total. The number of amides is 2. The molecule has 1 saturated heterocycles. The second-order valence-electron chi connectivity index (χ2n) is 6.79. The number of benzene rings is 2. The minimum atomic E-state index is -0.336. The van der Waals surface area contributed by atoms with E-state index in [9.17, 15) is 9.59 Å². The van der Waals surface area contributed by atoms with E-state index in [2.05, 4.69) is 5.32 Å². The molecule has 136 valence electrons. The zero-order chi connectivity index (χ0) is 18.7. The molecule has 5 nitrogen and oxygen atoms in total. The van der Waals surface area contributed by atoms with E-state index in [1.165, 1.54) is 0 Å². The van der Waals surface area contributed by atoms with E-state index in [0.717, 1.165) is 28.1 Å². The van der Waals surface area contributed by atoms with Crippen molar-refractivity contribution in [3.63, 3.8) is 0 Å². The van der Waals surface area contributed by atoms with Crippen molar-refractivity contribution in [1.82, 2.24) is 4.90 Å². The van der Waals surface area contributed by atoms with Crippen LogP contribution in [0.1, 0.15) is 23.1 Å². The third-order valence-electron chi connectivity index (χ3n) is 4.79. The van der Waals surface area contributed by atoms with Crippen molar-refractivity contribution in [2.75, 3.05) is 19.0 Å². The summed E-state index contributed by atoms with van der Waals surface area (Å²) in [6.45, 7) is 4.83. The van der Waals surface area contributed by atoms with Crippen LogP contribution in [-0.4, -0.2) is 30.4 Å². The van der Waals surface area contributed by atoms with Gasteiger partial charge in [-0.05, 0) is 37.1 Å². The molecular weight excluding hydrogens is 328 g/mol. The highest BCUT2D eigenvalue weighted by Gasteiger charge is 2.34. The highest BCUT2D eigenvalue weighted by molar-refractivity contribution is 5.97. The van der Waals surface area contributed by atoms with E-state index in [4.69, 9.17) is 4.74 Å². The molecular formula is C21H24N2O3. The lowest BCUT2D eigenvalue weighted by Crippen LogP contribution is -2.28. The summed E-state index contributed by atoms with van der Waals surface area (Å²) < 4.78 is 5.35. The molecule has 2 aromatic rings. The maximum Gasteiger partial charge on any atom is 0.229 e. The summed E-state index contributed by atoms with van der Waals surface area (Å²) in [7, 11) is 1.62. The smallest absolute Gasteiger partial charge is 0.229 e. The summed E-state index contributed by atoms with van der Waals surface area (Å²) in [6.07, 6.45) is 0.242. The normalized spacial score (nSPS) is 16.7. The van der Waals surface area contributed by atoms with Gasteiger partial charge in [0, 0.05) is 30.8 Å². The Kier molecular flexibility index (Phi) is 5.26. The molecule has 1 aliphatic heterocycles. The number of carbonyl (C=O) groups excluding carboxylic acids is 2. The number of ether oxygens (including phenoxy) is 1. The summed E-state index contributed by atoms with van der Waals surface area (Å²) >= 11 is 0. The fourth-order valence-electron chi connectivity index (χ4n) is 3.25. The van der Waals surface area contributed by atoms with Crippen molar-refractivity contribution in [2.45, 2.75) is 26.8 Å². The number of hydrogen-bond acceptors (Lipinski definition) is 3. The molecule has 1 unspecified atom stereocenters. The molecule has 0 spiro atoms. The lowest BCUT2D eigenvalue weighted by Gasteiger charge is -2.18. The number of carbonyl (C=O) groups is 2. The maximum absolute atomic E-state index is 12.6. The second-order valence-corrected chi connectivity index (χ2v) is 6.79. The van der Waals surface area contributed by atoms with E-state index in [1.54, 1.807) is 12.0 Å². The average molecular weight is 352 g/mol. The molecule has 2 aromatic carbocycles. The number of hydrogen-bond donors (Lipinski definition) is 1. The maximum atomic E-state index is 12.6. The average Bonchev–Trinajstić information content (AvgIpc) is 2.99. The number of aryl methyl sites for hydroxylation is 2. The van der Waals surface area contributed by atoms with Gasteiger partial charge in [-0.2, -0.15) is 0 Å². The molecule has 5 heteroatoms. The molecule has 3 rings (SSSR count). The first-order valence-electron chi connectivity index (χ1n) is 8.75. The summed E-state index contributed by atoms with van der Waals surface area (Å²) in [6, 6.07) is 13.6. The highest BCUT2D eigenvalue weighted by Crippen LogP contribution is 2.26. The Labute approximate surface area is 154 Å². The van der Waals surface area contributed by atoms with Crippen molar-refractivity contribution in [3.05, 3.63) is 59.2 Å². The van der Waals surface area contributed by atoms with Crippen LogP contribution < -0.4 is 10.1 Å². The van der Waals surface area contributed by atoms with Gasteiger partial charge in [0.15, 0.2) is 0 Å². The lowest BCUT2D eigenvalue weighted by molar-refractivity contribution is -0.128. The second kappa shape index (κ2) is 7.60. The number of nitrogens with zero attached hydrogens (tertiary/aromatic N) is 1. The minimum Gasteiger partial charge on any atom is -0.496 e. The Morgan fingerprint density at radius 1 is 1.23 bits per heavy atom. The number of rotatable bonds is 5. The van der Waals surface area contributed by atoms with E-state index in [0.29, 0.717) is 13.1 Å². The Hall–Kier alpha value is -2.82. The first-order valence-corrected chi connectivity index (χ1v) is 8.75. The fourth-order valence-corrected chi connectivity index (χ4v) is 3.25. The summed E-state index contributed by atoms with van der Waals surface area (Å²) in [5, 5.41) is 2.98. The predicted molar refractivity (Wildman–Crippen MR) is 101 cm³/mol. The predicted octanol–water partition coefficient (Wildman–Crippen LogP) is 3.30. The van der Waals surface area contributed by atoms with E-state index in [-0.39, 0.29) is 24.2 Å². The summed E-state index contributed by atoms with van der Waals surface area (Å²) in [4.78, 5) is 26.7. The Bertz CT molecular complexity index is 832. The van der Waals surface area contributed by atoms with E-state index >= 15 is 0 Å². The number of nitrogens with one attached hydrogen (secondary N) is 1. The summed E-state index contributed by atoms with van der Waals surface area (Å²) in [5.41, 5.74) is 3.86. The van der Waals surface area contributed by atoms with Gasteiger partial charge in [0.25, 0.3) is 0 Å². The van der Waals surface area contributed by atoms with Gasteiger partial charge < -0.3 is 15.0 Å². The van der Waals surface area contributed by atoms with Gasteiger partial charge >= 0.3 is 0 Å². The van der Waals surface area contributed by atoms with Crippen LogP contribution in [0.4, 0.5) is 5.69 Å². The van der Waals surface area contributed by atoms with Crippen LogP contribution in [0.2, 0.25) is 0 Å². The van der Waals surface area contributed by atoms with Crippen LogP contribution in [-0.2, 0) is 16.1 Å². The first kappa shape index (κ1) is 18.0. The van der Waals surface area contributed by atoms with E-state index in [1.807, 2.05) is 56.3 Å². The molecule has 0 bridgehead atoms. The molecule has 0 aromatic heterocycles. The number of para-hydroxylation sites is 1. The van der Waals surface area contributed by atoms with Gasteiger partial charge in [-0.1, -0.05) is 30.3 Å². The molecule has 0 radical (unpaired) electrons. The fraction of sp³-hybridized carbons (Fsp3) is 0.333. The quantitative estimate of drug-likeness (QED) is 0.898. The van der Waals surface area contributed by atoms with Crippen molar-refractivity contribution in [1.29, 1.82) is 0 Å². The van der Waals surface area contributed by atoms with Crippen molar-refractivity contribution in [3.8, 4) is 5.75 Å². The zero-order valence-corrected chi connectivity index (χ0v) is 15.4. The van der Waals surface area contributed by atoms with Crippen LogP contribution in [0.3, 0.4) is 0 Å². The summed E-state index contributed by atoms with van der Waals surface area (Å²) in [5.74, 6) is 0.312. The largest absolute Gasteiger partial charge is 0.496 e. The van der Waals surface area contributed by atoms with E-state index < -0.39 is 0 Å². The van der Waals surface area contributed by atoms with Gasteiger partial charge in [0.05, 0.1) is 13.0 Å². The van der Waals surface area contributed by atoms with Crippen LogP contribution in [0, 0.1) is 19.8 Å². The highest BCUT2D eigenvalue weighted by atomic mass is 16.5. The Balaban J connectivity index is 1.67. The topological polar surface area (TPSA) is 58.6 Å². The van der Waals surface area contributed by atoms with Gasteiger partial charge in [0.1, 0.15) is 5.75 Å². The molecule has 2 amide bonds. The van der Waals surface area contributed by atoms with Crippen molar-refractivity contribution >= 4 is 17.5 Å². The molecule has 1 atom stereocenters. The van der Waals surface area contributed by atoms with Gasteiger partial charge in [-0.25, -0.2) is 0 Å². The molecule has 0 saturated carbocycles. The third-order valence-corrected chi connectivity index (χ3v) is 4.79. The minimum absolute atomic E-state index is 0.00276. The molecule has 0 aliphatic carbocycles. The van der Waals surface area contributed by atoms with Gasteiger partial charge in [0.2, 0.25) is 11.8 Å². The molecule has 1 heterocycles. The molecule has 26 heavy (non-hydrogen) atoms. The van der Waals surface area contributed by atoms with Gasteiger partial charge in [-0.3, -0.25) is 9.59 Å². The molecule has 1 fully saturated rings. The first-order chi connectivity index (χ1) is 12.5. The number of likely N-dealkylation sites (tertiary alicyclic amines) is 1. The van der Waals surface area contributed by atoms with Crippen molar-refractivity contribution in [2.24, 2.45) is 5.92 Å². The SMILES string of the molecule is COc1ccccc1CN1CC(C(=O)Nc2cc(C)ccc2C)CC1=O. The van der Waals surface area contributed by atoms with Crippen LogP contribution >= 0.6 is 0 Å². The number of anilines is 1. The van der Waals surface area contributed by atoms with Crippen LogP contribution in [0.25, 0.3) is 0 Å². The van der Waals surface area contributed by atoms with Crippen LogP contribution in [0.5, 0.6) is 5.75 Å². The van der Waals surface area contributed by atoms with Gasteiger partial charge in [-0.15, -0.1) is 0 Å².